The van der Waals surface area contributed by atoms with Crippen molar-refractivity contribution >= 4 is 5.82 Å². The molecule has 70 valence electrons. The fourth-order valence-electron chi connectivity index (χ4n) is 1.45. The first-order valence-electron chi connectivity index (χ1n) is 4.18. The Bertz CT molecular complexity index is 374. The van der Waals surface area contributed by atoms with Crippen molar-refractivity contribution in [2.45, 2.75) is 12.5 Å². The standard InChI is InChI=1S/C8H11N3O2/c9-7-1-2-11(8(13)10-7)6-3-5(6)4-12/h1-2,5-6,12H,3-4H2,(H2,9,10,13). The van der Waals surface area contributed by atoms with Crippen LogP contribution in [0.15, 0.2) is 17.1 Å². The van der Waals surface area contributed by atoms with Gasteiger partial charge in [0.25, 0.3) is 0 Å². The molecule has 0 amide bonds. The molecule has 1 saturated carbocycles. The number of aliphatic hydroxyl groups is 1. The van der Waals surface area contributed by atoms with E-state index in [4.69, 9.17) is 10.8 Å². The van der Waals surface area contributed by atoms with E-state index < -0.39 is 0 Å². The summed E-state index contributed by atoms with van der Waals surface area (Å²) >= 11 is 0. The minimum Gasteiger partial charge on any atom is -0.396 e. The summed E-state index contributed by atoms with van der Waals surface area (Å²) in [5.41, 5.74) is 5.01. The van der Waals surface area contributed by atoms with Crippen LogP contribution in [-0.4, -0.2) is 21.3 Å². The Hall–Kier alpha value is -1.36. The quantitative estimate of drug-likeness (QED) is 0.637. The number of anilines is 1. The molecule has 0 radical (unpaired) electrons. The molecule has 1 aromatic heterocycles. The van der Waals surface area contributed by atoms with Gasteiger partial charge >= 0.3 is 5.69 Å². The third-order valence-corrected chi connectivity index (χ3v) is 2.33. The second-order valence-electron chi connectivity index (χ2n) is 3.29. The highest BCUT2D eigenvalue weighted by molar-refractivity contribution is 5.24. The fraction of sp³-hybridized carbons (Fsp3) is 0.500. The highest BCUT2D eigenvalue weighted by Crippen LogP contribution is 2.41. The minimum absolute atomic E-state index is 0.116. The van der Waals surface area contributed by atoms with Crippen LogP contribution in [-0.2, 0) is 0 Å². The average Bonchev–Trinajstić information content (AvgIpc) is 2.83. The molecule has 1 aliphatic rings. The molecule has 13 heavy (non-hydrogen) atoms. The Kier molecular flexibility index (Phi) is 1.81. The fourth-order valence-corrected chi connectivity index (χ4v) is 1.45. The number of hydrogen-bond acceptors (Lipinski definition) is 4. The molecular formula is C8H11N3O2. The van der Waals surface area contributed by atoms with Gasteiger partial charge in [0.05, 0.1) is 0 Å². The van der Waals surface area contributed by atoms with Crippen LogP contribution in [0.5, 0.6) is 0 Å². The summed E-state index contributed by atoms with van der Waals surface area (Å²) in [4.78, 5) is 14.9. The van der Waals surface area contributed by atoms with Crippen molar-refractivity contribution in [2.24, 2.45) is 5.92 Å². The Balaban J connectivity index is 2.28. The van der Waals surface area contributed by atoms with Crippen LogP contribution in [0, 0.1) is 5.92 Å². The van der Waals surface area contributed by atoms with Crippen LogP contribution in [0.2, 0.25) is 0 Å². The summed E-state index contributed by atoms with van der Waals surface area (Å²) < 4.78 is 1.53. The molecule has 3 N–H and O–H groups in total. The predicted molar refractivity (Wildman–Crippen MR) is 47.1 cm³/mol. The summed E-state index contributed by atoms with van der Waals surface area (Å²) in [6, 6.07) is 1.71. The van der Waals surface area contributed by atoms with E-state index in [1.165, 1.54) is 4.57 Å². The summed E-state index contributed by atoms with van der Waals surface area (Å²) in [6.45, 7) is 0.126. The molecular weight excluding hydrogens is 170 g/mol. The molecule has 1 heterocycles. The number of rotatable bonds is 2. The van der Waals surface area contributed by atoms with Gasteiger partial charge in [0.1, 0.15) is 5.82 Å². The van der Waals surface area contributed by atoms with Gasteiger partial charge in [0, 0.05) is 24.8 Å². The molecule has 1 aromatic rings. The first-order chi connectivity index (χ1) is 6.22. The number of nitrogen functional groups attached to an aromatic ring is 1. The first kappa shape index (κ1) is 8.25. The monoisotopic (exact) mass is 181 g/mol. The van der Waals surface area contributed by atoms with Gasteiger partial charge in [0.2, 0.25) is 0 Å². The van der Waals surface area contributed by atoms with Gasteiger partial charge in [0.15, 0.2) is 0 Å². The van der Waals surface area contributed by atoms with Gasteiger partial charge in [-0.05, 0) is 12.5 Å². The van der Waals surface area contributed by atoms with Gasteiger partial charge in [-0.15, -0.1) is 0 Å². The molecule has 2 rings (SSSR count). The predicted octanol–water partition coefficient (Wildman–Crippen LogP) is -0.621. The van der Waals surface area contributed by atoms with Crippen molar-refractivity contribution in [2.75, 3.05) is 12.3 Å². The molecule has 2 atom stereocenters. The van der Waals surface area contributed by atoms with Crippen LogP contribution in [0.1, 0.15) is 12.5 Å². The highest BCUT2D eigenvalue weighted by Gasteiger charge is 2.38. The van der Waals surface area contributed by atoms with Crippen LogP contribution >= 0.6 is 0 Å². The summed E-state index contributed by atoms with van der Waals surface area (Å²) in [7, 11) is 0. The Morgan fingerprint density at radius 3 is 3.08 bits per heavy atom. The first-order valence-corrected chi connectivity index (χ1v) is 4.18. The Morgan fingerprint density at radius 2 is 2.54 bits per heavy atom. The topological polar surface area (TPSA) is 81.1 Å². The van der Waals surface area contributed by atoms with Crippen molar-refractivity contribution < 1.29 is 5.11 Å². The van der Waals surface area contributed by atoms with Crippen LogP contribution < -0.4 is 11.4 Å². The minimum atomic E-state index is -0.332. The van der Waals surface area contributed by atoms with E-state index in [2.05, 4.69) is 4.98 Å². The molecule has 0 aromatic carbocycles. The molecule has 1 fully saturated rings. The largest absolute Gasteiger partial charge is 0.396 e. The van der Waals surface area contributed by atoms with Crippen molar-refractivity contribution in [3.05, 3.63) is 22.7 Å². The molecule has 2 unspecified atom stereocenters. The van der Waals surface area contributed by atoms with E-state index in [0.29, 0.717) is 0 Å². The van der Waals surface area contributed by atoms with Gasteiger partial charge < -0.3 is 10.8 Å². The highest BCUT2D eigenvalue weighted by atomic mass is 16.3. The molecule has 5 nitrogen and oxygen atoms in total. The van der Waals surface area contributed by atoms with Crippen molar-refractivity contribution in [1.29, 1.82) is 0 Å². The van der Waals surface area contributed by atoms with E-state index in [-0.39, 0.29) is 30.1 Å². The van der Waals surface area contributed by atoms with E-state index in [1.54, 1.807) is 12.3 Å². The third-order valence-electron chi connectivity index (χ3n) is 2.33. The van der Waals surface area contributed by atoms with Crippen molar-refractivity contribution in [3.8, 4) is 0 Å². The zero-order chi connectivity index (χ0) is 9.42. The average molecular weight is 181 g/mol. The number of nitrogens with two attached hydrogens (primary N) is 1. The van der Waals surface area contributed by atoms with Crippen molar-refractivity contribution in [1.82, 2.24) is 9.55 Å². The molecule has 0 bridgehead atoms. The Labute approximate surface area is 74.8 Å². The SMILES string of the molecule is Nc1ccn(C2CC2CO)c(=O)n1. The second kappa shape index (κ2) is 2.85. The number of hydrogen-bond donors (Lipinski definition) is 2. The van der Waals surface area contributed by atoms with E-state index in [1.807, 2.05) is 0 Å². The van der Waals surface area contributed by atoms with Crippen LogP contribution in [0.25, 0.3) is 0 Å². The lowest BCUT2D eigenvalue weighted by molar-refractivity contribution is 0.268. The smallest absolute Gasteiger partial charge is 0.349 e. The molecule has 0 spiro atoms. The van der Waals surface area contributed by atoms with Crippen LogP contribution in [0.3, 0.4) is 0 Å². The maximum Gasteiger partial charge on any atom is 0.349 e. The number of aliphatic hydroxyl groups excluding tert-OH is 1. The number of aromatic nitrogens is 2. The maximum absolute atomic E-state index is 11.3. The molecule has 0 saturated heterocycles. The van der Waals surface area contributed by atoms with E-state index in [9.17, 15) is 4.79 Å². The summed E-state index contributed by atoms with van der Waals surface area (Å²) in [5.74, 6) is 0.450. The summed E-state index contributed by atoms with van der Waals surface area (Å²) in [5, 5.41) is 8.82. The third kappa shape index (κ3) is 1.42. The van der Waals surface area contributed by atoms with Gasteiger partial charge in [-0.3, -0.25) is 4.57 Å². The van der Waals surface area contributed by atoms with Crippen LogP contribution in [0.4, 0.5) is 5.82 Å². The van der Waals surface area contributed by atoms with E-state index >= 15 is 0 Å². The zero-order valence-electron chi connectivity index (χ0n) is 7.05. The van der Waals surface area contributed by atoms with Gasteiger partial charge in [-0.1, -0.05) is 0 Å². The summed E-state index contributed by atoms with van der Waals surface area (Å²) in [6.07, 6.45) is 2.48. The second-order valence-corrected chi connectivity index (χ2v) is 3.29. The molecule has 1 aliphatic carbocycles. The zero-order valence-corrected chi connectivity index (χ0v) is 7.05. The normalized spacial score (nSPS) is 25.9. The maximum atomic E-state index is 11.3. The molecule has 5 heteroatoms. The lowest BCUT2D eigenvalue weighted by atomic mass is 10.4. The van der Waals surface area contributed by atoms with Crippen molar-refractivity contribution in [3.63, 3.8) is 0 Å². The van der Waals surface area contributed by atoms with Gasteiger partial charge in [-0.2, -0.15) is 4.98 Å². The molecule has 0 aliphatic heterocycles. The lowest BCUT2D eigenvalue weighted by Gasteiger charge is -2.02. The lowest BCUT2D eigenvalue weighted by Crippen LogP contribution is -2.23. The van der Waals surface area contributed by atoms with Gasteiger partial charge in [-0.25, -0.2) is 4.79 Å². The van der Waals surface area contributed by atoms with E-state index in [0.717, 1.165) is 6.42 Å². The number of nitrogens with zero attached hydrogens (tertiary/aromatic N) is 2. The Morgan fingerprint density at radius 1 is 1.77 bits per heavy atom.